The van der Waals surface area contributed by atoms with Gasteiger partial charge in [0.15, 0.2) is 0 Å². The van der Waals surface area contributed by atoms with Crippen molar-refractivity contribution in [2.24, 2.45) is 11.7 Å². The first-order valence-electron chi connectivity index (χ1n) is 5.92. The van der Waals surface area contributed by atoms with Crippen LogP contribution in [0.3, 0.4) is 0 Å². The van der Waals surface area contributed by atoms with E-state index in [9.17, 15) is 5.11 Å². The Morgan fingerprint density at radius 1 is 1.31 bits per heavy atom. The third-order valence-electron chi connectivity index (χ3n) is 3.39. The zero-order valence-corrected chi connectivity index (χ0v) is 9.55. The maximum atomic E-state index is 9.35. The minimum atomic E-state index is 0.239. The van der Waals surface area contributed by atoms with E-state index in [1.54, 1.807) is 0 Å². The van der Waals surface area contributed by atoms with Gasteiger partial charge in [-0.1, -0.05) is 30.3 Å². The molecule has 0 bridgehead atoms. The van der Waals surface area contributed by atoms with E-state index in [0.29, 0.717) is 5.92 Å². The van der Waals surface area contributed by atoms with E-state index in [0.717, 1.165) is 26.1 Å². The summed E-state index contributed by atoms with van der Waals surface area (Å²) in [7, 11) is 0. The summed E-state index contributed by atoms with van der Waals surface area (Å²) in [6.45, 7) is 2.89. The quantitative estimate of drug-likeness (QED) is 0.790. The average Bonchev–Trinajstić information content (AvgIpc) is 2.73. The van der Waals surface area contributed by atoms with Crippen LogP contribution >= 0.6 is 0 Å². The molecule has 3 N–H and O–H groups in total. The molecule has 2 atom stereocenters. The van der Waals surface area contributed by atoms with Crippen LogP contribution in [0.15, 0.2) is 30.3 Å². The lowest BCUT2D eigenvalue weighted by molar-refractivity contribution is 0.153. The van der Waals surface area contributed by atoms with Gasteiger partial charge in [-0.25, -0.2) is 0 Å². The number of aliphatic hydroxyl groups is 1. The summed E-state index contributed by atoms with van der Waals surface area (Å²) in [5.41, 5.74) is 7.00. The molecule has 1 aromatic carbocycles. The first kappa shape index (κ1) is 11.6. The summed E-state index contributed by atoms with van der Waals surface area (Å²) >= 11 is 0. The molecule has 1 saturated heterocycles. The average molecular weight is 220 g/mol. The van der Waals surface area contributed by atoms with Gasteiger partial charge in [-0.05, 0) is 24.4 Å². The molecule has 88 valence electrons. The van der Waals surface area contributed by atoms with Crippen LogP contribution in [0.25, 0.3) is 0 Å². The fourth-order valence-corrected chi connectivity index (χ4v) is 2.46. The molecule has 1 aromatic rings. The van der Waals surface area contributed by atoms with Gasteiger partial charge in [-0.3, -0.25) is 4.90 Å². The largest absolute Gasteiger partial charge is 0.395 e. The molecule has 0 saturated carbocycles. The second-order valence-electron chi connectivity index (χ2n) is 4.59. The molecule has 16 heavy (non-hydrogen) atoms. The van der Waals surface area contributed by atoms with E-state index >= 15 is 0 Å². The van der Waals surface area contributed by atoms with Crippen LogP contribution in [-0.4, -0.2) is 35.7 Å². The van der Waals surface area contributed by atoms with Crippen molar-refractivity contribution < 1.29 is 5.11 Å². The predicted molar refractivity (Wildman–Crippen MR) is 64.9 cm³/mol. The molecule has 0 spiro atoms. The van der Waals surface area contributed by atoms with Crippen molar-refractivity contribution in [2.75, 3.05) is 19.7 Å². The second kappa shape index (κ2) is 5.43. The molecule has 0 radical (unpaired) electrons. The first-order chi connectivity index (χ1) is 7.83. The molecule has 1 aliphatic heterocycles. The summed E-state index contributed by atoms with van der Waals surface area (Å²) in [5.74, 6) is 0.542. The van der Waals surface area contributed by atoms with Crippen LogP contribution < -0.4 is 5.73 Å². The fraction of sp³-hybridized carbons (Fsp3) is 0.538. The standard InChI is InChI=1S/C13H20N2O/c14-7-12-6-13(10-16)15(9-12)8-11-4-2-1-3-5-11/h1-5,12-13,16H,6-10,14H2/t12-,13+/m1/s1. The highest BCUT2D eigenvalue weighted by Gasteiger charge is 2.30. The number of benzene rings is 1. The van der Waals surface area contributed by atoms with E-state index in [4.69, 9.17) is 5.73 Å². The zero-order chi connectivity index (χ0) is 11.4. The number of hydrogen-bond acceptors (Lipinski definition) is 3. The Morgan fingerprint density at radius 3 is 2.69 bits per heavy atom. The van der Waals surface area contributed by atoms with E-state index < -0.39 is 0 Å². The molecular formula is C13H20N2O. The van der Waals surface area contributed by atoms with Gasteiger partial charge in [-0.2, -0.15) is 0 Å². The van der Waals surface area contributed by atoms with Crippen molar-refractivity contribution in [1.29, 1.82) is 0 Å². The number of nitrogens with two attached hydrogens (primary N) is 1. The summed E-state index contributed by atoms with van der Waals surface area (Å²) < 4.78 is 0. The minimum absolute atomic E-state index is 0.239. The van der Waals surface area contributed by atoms with Gasteiger partial charge in [0, 0.05) is 19.1 Å². The lowest BCUT2D eigenvalue weighted by Crippen LogP contribution is -2.31. The number of nitrogens with zero attached hydrogens (tertiary/aromatic N) is 1. The van der Waals surface area contributed by atoms with E-state index in [2.05, 4.69) is 29.2 Å². The van der Waals surface area contributed by atoms with Crippen LogP contribution in [0.2, 0.25) is 0 Å². The van der Waals surface area contributed by atoms with Crippen molar-refractivity contribution in [3.05, 3.63) is 35.9 Å². The number of hydrogen-bond donors (Lipinski definition) is 2. The van der Waals surface area contributed by atoms with Gasteiger partial charge >= 0.3 is 0 Å². The Morgan fingerprint density at radius 2 is 2.06 bits per heavy atom. The van der Waals surface area contributed by atoms with Crippen molar-refractivity contribution in [1.82, 2.24) is 4.90 Å². The summed E-state index contributed by atoms with van der Waals surface area (Å²) in [6.07, 6.45) is 1.03. The highest BCUT2D eigenvalue weighted by atomic mass is 16.3. The molecule has 0 aromatic heterocycles. The highest BCUT2D eigenvalue weighted by molar-refractivity contribution is 5.15. The Balaban J connectivity index is 1.98. The van der Waals surface area contributed by atoms with Gasteiger partial charge < -0.3 is 10.8 Å². The monoisotopic (exact) mass is 220 g/mol. The van der Waals surface area contributed by atoms with E-state index in [-0.39, 0.29) is 12.6 Å². The third-order valence-corrected chi connectivity index (χ3v) is 3.39. The van der Waals surface area contributed by atoms with Gasteiger partial charge in [0.1, 0.15) is 0 Å². The maximum Gasteiger partial charge on any atom is 0.0587 e. The van der Waals surface area contributed by atoms with Crippen LogP contribution in [0.1, 0.15) is 12.0 Å². The number of likely N-dealkylation sites (tertiary alicyclic amines) is 1. The fourth-order valence-electron chi connectivity index (χ4n) is 2.46. The van der Waals surface area contributed by atoms with Gasteiger partial charge in [0.2, 0.25) is 0 Å². The van der Waals surface area contributed by atoms with Crippen molar-refractivity contribution >= 4 is 0 Å². The number of aliphatic hydroxyl groups excluding tert-OH is 1. The molecule has 1 aliphatic rings. The Bertz CT molecular complexity index is 315. The van der Waals surface area contributed by atoms with Crippen LogP contribution in [0.4, 0.5) is 0 Å². The number of rotatable bonds is 4. The zero-order valence-electron chi connectivity index (χ0n) is 9.55. The van der Waals surface area contributed by atoms with Crippen LogP contribution in [-0.2, 0) is 6.54 Å². The Hall–Kier alpha value is -0.900. The lowest BCUT2D eigenvalue weighted by Gasteiger charge is -2.22. The molecule has 0 aliphatic carbocycles. The minimum Gasteiger partial charge on any atom is -0.395 e. The molecule has 0 amide bonds. The van der Waals surface area contributed by atoms with Gasteiger partial charge in [0.25, 0.3) is 0 Å². The smallest absolute Gasteiger partial charge is 0.0587 e. The van der Waals surface area contributed by atoms with Crippen molar-refractivity contribution in [2.45, 2.75) is 19.0 Å². The van der Waals surface area contributed by atoms with Crippen LogP contribution in [0.5, 0.6) is 0 Å². The molecule has 1 heterocycles. The molecular weight excluding hydrogens is 200 g/mol. The molecule has 2 rings (SSSR count). The van der Waals surface area contributed by atoms with E-state index in [1.165, 1.54) is 5.56 Å². The topological polar surface area (TPSA) is 49.5 Å². The molecule has 3 nitrogen and oxygen atoms in total. The predicted octanol–water partition coefficient (Wildman–Crippen LogP) is 0.828. The molecule has 3 heteroatoms. The maximum absolute atomic E-state index is 9.35. The SMILES string of the molecule is NC[C@H]1C[C@@H](CO)N(Cc2ccccc2)C1. The highest BCUT2D eigenvalue weighted by Crippen LogP contribution is 2.24. The van der Waals surface area contributed by atoms with Crippen molar-refractivity contribution in [3.63, 3.8) is 0 Å². The van der Waals surface area contributed by atoms with Gasteiger partial charge in [-0.15, -0.1) is 0 Å². The summed E-state index contributed by atoms with van der Waals surface area (Å²) in [4.78, 5) is 2.34. The Labute approximate surface area is 96.9 Å². The normalized spacial score (nSPS) is 26.1. The van der Waals surface area contributed by atoms with Crippen molar-refractivity contribution in [3.8, 4) is 0 Å². The molecule has 0 unspecified atom stereocenters. The van der Waals surface area contributed by atoms with E-state index in [1.807, 2.05) is 6.07 Å². The molecule has 1 fully saturated rings. The Kier molecular flexibility index (Phi) is 3.93. The summed E-state index contributed by atoms with van der Waals surface area (Å²) in [6, 6.07) is 10.7. The summed E-state index contributed by atoms with van der Waals surface area (Å²) in [5, 5.41) is 9.35. The first-order valence-corrected chi connectivity index (χ1v) is 5.92. The van der Waals surface area contributed by atoms with Gasteiger partial charge in [0.05, 0.1) is 6.61 Å². The van der Waals surface area contributed by atoms with Crippen LogP contribution in [0, 0.1) is 5.92 Å². The second-order valence-corrected chi connectivity index (χ2v) is 4.59. The third kappa shape index (κ3) is 2.61. The lowest BCUT2D eigenvalue weighted by atomic mass is 10.1.